The van der Waals surface area contributed by atoms with Crippen molar-refractivity contribution in [1.29, 1.82) is 0 Å². The standard InChI is InChI=1S/C15H19ClN2S2/c1-10(2)6-13-14(8-17)20-15(18-13)9-19-12-5-3-4-11(16)7-12/h3-5,7,10H,6,8-9,17H2,1-2H3. The maximum Gasteiger partial charge on any atom is 0.103 e. The topological polar surface area (TPSA) is 38.9 Å². The molecule has 1 aromatic heterocycles. The normalized spacial score (nSPS) is 11.2. The molecule has 0 radical (unpaired) electrons. The number of thioether (sulfide) groups is 1. The van der Waals surface area contributed by atoms with E-state index < -0.39 is 0 Å². The minimum absolute atomic E-state index is 0.585. The Hall–Kier alpha value is -0.550. The largest absolute Gasteiger partial charge is 0.326 e. The molecule has 2 nitrogen and oxygen atoms in total. The first-order chi connectivity index (χ1) is 9.58. The van der Waals surface area contributed by atoms with Crippen molar-refractivity contribution in [2.24, 2.45) is 11.7 Å². The highest BCUT2D eigenvalue weighted by molar-refractivity contribution is 7.98. The number of nitrogens with zero attached hydrogens (tertiary/aromatic N) is 1. The summed E-state index contributed by atoms with van der Waals surface area (Å²) < 4.78 is 0. The van der Waals surface area contributed by atoms with Crippen LogP contribution in [-0.2, 0) is 18.7 Å². The fraction of sp³-hybridized carbons (Fsp3) is 0.400. The minimum atomic E-state index is 0.585. The molecule has 0 unspecified atom stereocenters. The average Bonchev–Trinajstić information content (AvgIpc) is 2.78. The monoisotopic (exact) mass is 326 g/mol. The summed E-state index contributed by atoms with van der Waals surface area (Å²) in [6.07, 6.45) is 1.00. The number of nitrogens with two attached hydrogens (primary N) is 1. The van der Waals surface area contributed by atoms with E-state index >= 15 is 0 Å². The Morgan fingerprint density at radius 1 is 1.40 bits per heavy atom. The van der Waals surface area contributed by atoms with Crippen molar-refractivity contribution in [3.63, 3.8) is 0 Å². The number of halogens is 1. The summed E-state index contributed by atoms with van der Waals surface area (Å²) in [4.78, 5) is 7.14. The second-order valence-electron chi connectivity index (χ2n) is 5.03. The van der Waals surface area contributed by atoms with E-state index in [4.69, 9.17) is 22.3 Å². The molecule has 0 aliphatic carbocycles. The van der Waals surface area contributed by atoms with Crippen LogP contribution in [0.5, 0.6) is 0 Å². The zero-order valence-electron chi connectivity index (χ0n) is 11.7. The maximum atomic E-state index is 5.99. The fourth-order valence-electron chi connectivity index (χ4n) is 1.91. The van der Waals surface area contributed by atoms with E-state index in [-0.39, 0.29) is 0 Å². The Bertz CT molecular complexity index is 567. The number of hydrogen-bond acceptors (Lipinski definition) is 4. The summed E-state index contributed by atoms with van der Waals surface area (Å²) in [5.41, 5.74) is 6.99. The van der Waals surface area contributed by atoms with Gasteiger partial charge in [0.2, 0.25) is 0 Å². The molecule has 0 spiro atoms. The molecule has 2 N–H and O–H groups in total. The van der Waals surface area contributed by atoms with E-state index in [0.717, 1.165) is 22.2 Å². The predicted octanol–water partition coefficient (Wildman–Crippen LogP) is 4.75. The van der Waals surface area contributed by atoms with E-state index in [9.17, 15) is 0 Å². The fourth-order valence-corrected chi connectivity index (χ4v) is 4.08. The molecular formula is C15H19ClN2S2. The lowest BCUT2D eigenvalue weighted by Gasteiger charge is -2.02. The summed E-state index contributed by atoms with van der Waals surface area (Å²) in [6.45, 7) is 5.00. The van der Waals surface area contributed by atoms with E-state index in [1.165, 1.54) is 15.5 Å². The van der Waals surface area contributed by atoms with E-state index in [0.29, 0.717) is 12.5 Å². The highest BCUT2D eigenvalue weighted by Gasteiger charge is 2.11. The van der Waals surface area contributed by atoms with Gasteiger partial charge in [0, 0.05) is 21.3 Å². The first-order valence-corrected chi connectivity index (χ1v) is 8.82. The van der Waals surface area contributed by atoms with Gasteiger partial charge in [-0.25, -0.2) is 4.98 Å². The van der Waals surface area contributed by atoms with Crippen LogP contribution in [0.15, 0.2) is 29.2 Å². The lowest BCUT2D eigenvalue weighted by atomic mass is 10.1. The molecule has 0 atom stereocenters. The van der Waals surface area contributed by atoms with Gasteiger partial charge in [-0.3, -0.25) is 0 Å². The Balaban J connectivity index is 2.04. The van der Waals surface area contributed by atoms with Gasteiger partial charge >= 0.3 is 0 Å². The highest BCUT2D eigenvalue weighted by Crippen LogP contribution is 2.29. The van der Waals surface area contributed by atoms with Crippen LogP contribution in [0, 0.1) is 5.92 Å². The second-order valence-corrected chi connectivity index (χ2v) is 7.68. The zero-order chi connectivity index (χ0) is 14.5. The lowest BCUT2D eigenvalue weighted by molar-refractivity contribution is 0.633. The Kier molecular flexibility index (Phi) is 5.90. The molecule has 0 saturated heterocycles. The van der Waals surface area contributed by atoms with Crippen LogP contribution >= 0.6 is 34.7 Å². The SMILES string of the molecule is CC(C)Cc1nc(CSc2cccc(Cl)c2)sc1CN. The highest BCUT2D eigenvalue weighted by atomic mass is 35.5. The Morgan fingerprint density at radius 2 is 2.20 bits per heavy atom. The molecule has 1 heterocycles. The Labute approximate surface area is 133 Å². The van der Waals surface area contributed by atoms with Gasteiger partial charge in [-0.1, -0.05) is 31.5 Å². The van der Waals surface area contributed by atoms with Crippen molar-refractivity contribution in [2.75, 3.05) is 0 Å². The Morgan fingerprint density at radius 3 is 2.85 bits per heavy atom. The quantitative estimate of drug-likeness (QED) is 0.779. The smallest absolute Gasteiger partial charge is 0.103 e. The lowest BCUT2D eigenvalue weighted by Crippen LogP contribution is -2.02. The van der Waals surface area contributed by atoms with Crippen LogP contribution in [0.4, 0.5) is 0 Å². The summed E-state index contributed by atoms with van der Waals surface area (Å²) in [5.74, 6) is 1.48. The molecule has 108 valence electrons. The zero-order valence-corrected chi connectivity index (χ0v) is 14.1. The third-order valence-electron chi connectivity index (χ3n) is 2.77. The molecular weight excluding hydrogens is 308 g/mol. The van der Waals surface area contributed by atoms with Crippen LogP contribution in [0.3, 0.4) is 0 Å². The van der Waals surface area contributed by atoms with Gasteiger partial charge in [0.1, 0.15) is 5.01 Å². The van der Waals surface area contributed by atoms with Crippen LogP contribution in [0.2, 0.25) is 5.02 Å². The molecule has 0 bridgehead atoms. The molecule has 20 heavy (non-hydrogen) atoms. The van der Waals surface area contributed by atoms with Crippen molar-refractivity contribution in [2.45, 2.75) is 37.5 Å². The molecule has 0 fully saturated rings. The predicted molar refractivity (Wildman–Crippen MR) is 89.6 cm³/mol. The molecule has 0 amide bonds. The van der Waals surface area contributed by atoms with Crippen LogP contribution in [0.25, 0.3) is 0 Å². The third-order valence-corrected chi connectivity index (χ3v) is 5.31. The summed E-state index contributed by atoms with van der Waals surface area (Å²) in [5, 5.41) is 1.92. The van der Waals surface area contributed by atoms with Gasteiger partial charge < -0.3 is 5.73 Å². The van der Waals surface area contributed by atoms with Crippen molar-refractivity contribution in [1.82, 2.24) is 4.98 Å². The van der Waals surface area contributed by atoms with Crippen molar-refractivity contribution in [3.8, 4) is 0 Å². The minimum Gasteiger partial charge on any atom is -0.326 e. The van der Waals surface area contributed by atoms with Crippen LogP contribution in [-0.4, -0.2) is 4.98 Å². The molecule has 2 aromatic rings. The van der Waals surface area contributed by atoms with Gasteiger partial charge in [-0.05, 0) is 30.5 Å². The average molecular weight is 327 g/mol. The van der Waals surface area contributed by atoms with Crippen LogP contribution in [0.1, 0.15) is 29.4 Å². The maximum absolute atomic E-state index is 5.99. The van der Waals surface area contributed by atoms with Crippen molar-refractivity contribution < 1.29 is 0 Å². The van der Waals surface area contributed by atoms with E-state index in [1.807, 2.05) is 18.2 Å². The van der Waals surface area contributed by atoms with E-state index in [1.54, 1.807) is 23.1 Å². The van der Waals surface area contributed by atoms with Crippen molar-refractivity contribution in [3.05, 3.63) is 44.9 Å². The van der Waals surface area contributed by atoms with Gasteiger partial charge in [-0.2, -0.15) is 0 Å². The van der Waals surface area contributed by atoms with Gasteiger partial charge in [0.25, 0.3) is 0 Å². The first-order valence-electron chi connectivity index (χ1n) is 6.64. The van der Waals surface area contributed by atoms with Crippen molar-refractivity contribution >= 4 is 34.7 Å². The van der Waals surface area contributed by atoms with Gasteiger partial charge in [0.15, 0.2) is 0 Å². The summed E-state index contributed by atoms with van der Waals surface area (Å²) >= 11 is 9.49. The van der Waals surface area contributed by atoms with Gasteiger partial charge in [0.05, 0.1) is 11.4 Å². The number of benzene rings is 1. The first kappa shape index (κ1) is 15.8. The number of rotatable bonds is 6. The summed E-state index contributed by atoms with van der Waals surface area (Å²) in [7, 11) is 0. The molecule has 0 aliphatic heterocycles. The summed E-state index contributed by atoms with van der Waals surface area (Å²) in [6, 6.07) is 7.92. The molecule has 1 aromatic carbocycles. The van der Waals surface area contributed by atoms with Crippen LogP contribution < -0.4 is 5.73 Å². The molecule has 2 rings (SSSR count). The van der Waals surface area contributed by atoms with E-state index in [2.05, 4.69) is 19.9 Å². The number of hydrogen-bond donors (Lipinski definition) is 1. The third kappa shape index (κ3) is 4.48. The number of aromatic nitrogens is 1. The molecule has 0 saturated carbocycles. The second kappa shape index (κ2) is 7.46. The molecule has 0 aliphatic rings. The molecule has 5 heteroatoms. The number of thiazole rings is 1. The van der Waals surface area contributed by atoms with Gasteiger partial charge in [-0.15, -0.1) is 23.1 Å².